The fraction of sp³-hybridized carbons (Fsp3) is 1.00. The topological polar surface area (TPSA) is 20.2 Å². The molecule has 70 valence electrons. The van der Waals surface area contributed by atoms with E-state index in [1.807, 2.05) is 0 Å². The van der Waals surface area contributed by atoms with Crippen molar-refractivity contribution < 1.29 is 4.66 Å². The summed E-state index contributed by atoms with van der Waals surface area (Å²) in [4.78, 5) is 0. The first-order valence-electron chi connectivity index (χ1n) is 4.21. The molecule has 0 aliphatic rings. The zero-order valence-corrected chi connectivity index (χ0v) is 9.02. The summed E-state index contributed by atoms with van der Waals surface area (Å²) in [6.07, 6.45) is 1.37. The third-order valence-corrected chi connectivity index (χ3v) is 1.98. The van der Waals surface area contributed by atoms with Crippen molar-refractivity contribution in [2.75, 3.05) is 0 Å². The molecule has 0 aromatic rings. The summed E-state index contributed by atoms with van der Waals surface area (Å²) in [6.45, 7) is 11.5. The Hall–Kier alpha value is 0.250. The third kappa shape index (κ3) is 10.2. The standard InChI is InChI=1S/C9H20.ClHO/c1-7(2)6-9(5)8(3)4;1-2/h7-9H,6H2,1-5H3;2H. The van der Waals surface area contributed by atoms with Gasteiger partial charge in [0.25, 0.3) is 0 Å². The van der Waals surface area contributed by atoms with Gasteiger partial charge in [-0.05, 0) is 24.2 Å². The maximum Gasteiger partial charge on any atom is 0.0579 e. The van der Waals surface area contributed by atoms with Crippen molar-refractivity contribution in [3.63, 3.8) is 0 Å². The lowest BCUT2D eigenvalue weighted by Gasteiger charge is -2.16. The molecular formula is C9H21ClO. The van der Waals surface area contributed by atoms with Gasteiger partial charge in [0.2, 0.25) is 0 Å². The van der Waals surface area contributed by atoms with Gasteiger partial charge in [0.1, 0.15) is 0 Å². The van der Waals surface area contributed by atoms with Crippen LogP contribution in [0.4, 0.5) is 0 Å². The third-order valence-electron chi connectivity index (χ3n) is 1.98. The van der Waals surface area contributed by atoms with E-state index in [4.69, 9.17) is 4.66 Å². The molecule has 0 amide bonds. The van der Waals surface area contributed by atoms with Gasteiger partial charge in [-0.15, -0.1) is 0 Å². The van der Waals surface area contributed by atoms with Crippen LogP contribution in [0.5, 0.6) is 0 Å². The van der Waals surface area contributed by atoms with E-state index >= 15 is 0 Å². The molecule has 0 radical (unpaired) electrons. The summed E-state index contributed by atoms with van der Waals surface area (Å²) < 4.78 is 6.47. The van der Waals surface area contributed by atoms with Crippen LogP contribution in [0.1, 0.15) is 41.0 Å². The molecule has 11 heavy (non-hydrogen) atoms. The summed E-state index contributed by atoms with van der Waals surface area (Å²) in [5.41, 5.74) is 0. The van der Waals surface area contributed by atoms with Gasteiger partial charge >= 0.3 is 0 Å². The Kier molecular flexibility index (Phi) is 10.5. The van der Waals surface area contributed by atoms with Crippen LogP contribution in [-0.2, 0) is 0 Å². The maximum absolute atomic E-state index is 6.47. The van der Waals surface area contributed by atoms with Crippen LogP contribution >= 0.6 is 11.9 Å². The van der Waals surface area contributed by atoms with E-state index in [0.717, 1.165) is 17.8 Å². The summed E-state index contributed by atoms with van der Waals surface area (Å²) >= 11 is 3.64. The van der Waals surface area contributed by atoms with Crippen LogP contribution in [0, 0.1) is 17.8 Å². The Morgan fingerprint density at radius 3 is 1.45 bits per heavy atom. The quantitative estimate of drug-likeness (QED) is 0.706. The number of halogens is 1. The first-order valence-corrected chi connectivity index (χ1v) is 4.54. The predicted molar refractivity (Wildman–Crippen MR) is 51.5 cm³/mol. The molecule has 0 saturated heterocycles. The van der Waals surface area contributed by atoms with Crippen LogP contribution in [0.2, 0.25) is 0 Å². The minimum Gasteiger partial charge on any atom is -0.295 e. The number of hydrogen-bond donors (Lipinski definition) is 1. The molecule has 1 N–H and O–H groups in total. The van der Waals surface area contributed by atoms with Gasteiger partial charge in [-0.2, -0.15) is 0 Å². The summed E-state index contributed by atoms with van der Waals surface area (Å²) in [6, 6.07) is 0. The molecule has 2 heteroatoms. The normalized spacial score (nSPS) is 12.8. The molecule has 0 saturated carbocycles. The average molecular weight is 181 g/mol. The lowest BCUT2D eigenvalue weighted by Crippen LogP contribution is -2.06. The zero-order chi connectivity index (χ0) is 9.44. The Bertz CT molecular complexity index is 72.0. The second kappa shape index (κ2) is 8.35. The molecular weight excluding hydrogens is 160 g/mol. The second-order valence-corrected chi connectivity index (χ2v) is 3.85. The predicted octanol–water partition coefficient (Wildman–Crippen LogP) is 3.46. The van der Waals surface area contributed by atoms with E-state index in [-0.39, 0.29) is 0 Å². The molecule has 0 heterocycles. The highest BCUT2D eigenvalue weighted by Gasteiger charge is 2.07. The smallest absolute Gasteiger partial charge is 0.0579 e. The molecule has 0 aromatic carbocycles. The molecule has 0 bridgehead atoms. The molecule has 1 nitrogen and oxygen atoms in total. The Labute approximate surface area is 75.9 Å². The van der Waals surface area contributed by atoms with Crippen molar-refractivity contribution in [2.24, 2.45) is 17.8 Å². The Balaban J connectivity index is 0. The fourth-order valence-corrected chi connectivity index (χ4v) is 1.02. The van der Waals surface area contributed by atoms with Crippen LogP contribution in [0.3, 0.4) is 0 Å². The monoisotopic (exact) mass is 180 g/mol. The van der Waals surface area contributed by atoms with Crippen molar-refractivity contribution >= 4 is 11.9 Å². The molecule has 0 aliphatic heterocycles. The molecule has 0 rings (SSSR count). The van der Waals surface area contributed by atoms with Gasteiger partial charge in [0.05, 0.1) is 11.9 Å². The highest BCUT2D eigenvalue weighted by Crippen LogP contribution is 2.18. The molecule has 0 fully saturated rings. The Morgan fingerprint density at radius 2 is 1.36 bits per heavy atom. The van der Waals surface area contributed by atoms with Gasteiger partial charge in [-0.3, -0.25) is 4.66 Å². The maximum atomic E-state index is 6.47. The first kappa shape index (κ1) is 13.8. The van der Waals surface area contributed by atoms with Gasteiger partial charge in [-0.25, -0.2) is 0 Å². The van der Waals surface area contributed by atoms with E-state index < -0.39 is 0 Å². The lowest BCUT2D eigenvalue weighted by atomic mass is 9.90. The van der Waals surface area contributed by atoms with Crippen molar-refractivity contribution in [3.05, 3.63) is 0 Å². The minimum absolute atomic E-state index is 0.854. The second-order valence-electron chi connectivity index (χ2n) is 3.85. The van der Waals surface area contributed by atoms with Gasteiger partial charge in [0, 0.05) is 0 Å². The van der Waals surface area contributed by atoms with E-state index in [2.05, 4.69) is 46.5 Å². The molecule has 1 unspecified atom stereocenters. The highest BCUT2D eigenvalue weighted by molar-refractivity contribution is 6.04. The lowest BCUT2D eigenvalue weighted by molar-refractivity contribution is 0.344. The molecule has 0 aliphatic carbocycles. The van der Waals surface area contributed by atoms with Crippen molar-refractivity contribution in [1.82, 2.24) is 0 Å². The van der Waals surface area contributed by atoms with E-state index in [1.165, 1.54) is 6.42 Å². The molecule has 1 atom stereocenters. The van der Waals surface area contributed by atoms with Gasteiger partial charge in [-0.1, -0.05) is 34.6 Å². The van der Waals surface area contributed by atoms with E-state index in [0.29, 0.717) is 0 Å². The van der Waals surface area contributed by atoms with E-state index in [1.54, 1.807) is 0 Å². The van der Waals surface area contributed by atoms with Crippen LogP contribution in [0.15, 0.2) is 0 Å². The van der Waals surface area contributed by atoms with Crippen molar-refractivity contribution in [1.29, 1.82) is 0 Å². The number of hydrogen-bond acceptors (Lipinski definition) is 1. The van der Waals surface area contributed by atoms with Gasteiger partial charge in [0.15, 0.2) is 0 Å². The number of rotatable bonds is 3. The Morgan fingerprint density at radius 1 is 1.00 bits per heavy atom. The summed E-state index contributed by atoms with van der Waals surface area (Å²) in [5.74, 6) is 2.61. The molecule has 0 spiro atoms. The SMILES string of the molecule is CC(C)CC(C)C(C)C.OCl. The minimum atomic E-state index is 0.854. The fourth-order valence-electron chi connectivity index (χ4n) is 1.02. The average Bonchev–Trinajstić information content (AvgIpc) is 1.90. The van der Waals surface area contributed by atoms with Crippen molar-refractivity contribution in [2.45, 2.75) is 41.0 Å². The summed E-state index contributed by atoms with van der Waals surface area (Å²) in [5, 5.41) is 0. The van der Waals surface area contributed by atoms with Crippen LogP contribution in [-0.4, -0.2) is 4.66 Å². The molecule has 0 aromatic heterocycles. The first-order chi connectivity index (χ1) is 5.04. The van der Waals surface area contributed by atoms with Crippen LogP contribution in [0.25, 0.3) is 0 Å². The largest absolute Gasteiger partial charge is 0.295 e. The van der Waals surface area contributed by atoms with E-state index in [9.17, 15) is 0 Å². The zero-order valence-electron chi connectivity index (χ0n) is 8.26. The highest BCUT2D eigenvalue weighted by atomic mass is 35.5. The van der Waals surface area contributed by atoms with Crippen molar-refractivity contribution in [3.8, 4) is 0 Å². The van der Waals surface area contributed by atoms with Gasteiger partial charge < -0.3 is 0 Å². The van der Waals surface area contributed by atoms with Crippen LogP contribution < -0.4 is 0 Å². The summed E-state index contributed by atoms with van der Waals surface area (Å²) in [7, 11) is 0.